The first kappa shape index (κ1) is 12.2. The summed E-state index contributed by atoms with van der Waals surface area (Å²) >= 11 is 6.00. The summed E-state index contributed by atoms with van der Waals surface area (Å²) in [5.41, 5.74) is 7.36. The highest BCUT2D eigenvalue weighted by atomic mass is 35.5. The van der Waals surface area contributed by atoms with E-state index in [2.05, 4.69) is 4.90 Å². The fraction of sp³-hybridized carbons (Fsp3) is 0.538. The van der Waals surface area contributed by atoms with E-state index in [9.17, 15) is 0 Å². The van der Waals surface area contributed by atoms with Crippen LogP contribution in [0, 0.1) is 0 Å². The first-order valence-corrected chi connectivity index (χ1v) is 6.63. The van der Waals surface area contributed by atoms with Crippen LogP contribution in [0.5, 0.6) is 5.75 Å². The lowest BCUT2D eigenvalue weighted by Gasteiger charge is -2.41. The Labute approximate surface area is 112 Å². The van der Waals surface area contributed by atoms with Crippen LogP contribution in [0.2, 0.25) is 5.02 Å². The molecule has 2 N–H and O–H groups in total. The topological polar surface area (TPSA) is 47.7 Å². The van der Waals surface area contributed by atoms with Crippen LogP contribution in [0.25, 0.3) is 0 Å². The molecule has 1 aromatic rings. The highest BCUT2D eigenvalue weighted by molar-refractivity contribution is 6.30. The Kier molecular flexibility index (Phi) is 3.43. The third kappa shape index (κ3) is 2.21. The van der Waals surface area contributed by atoms with Crippen molar-refractivity contribution in [1.29, 1.82) is 0 Å². The summed E-state index contributed by atoms with van der Waals surface area (Å²) in [4.78, 5) is 2.38. The average Bonchev–Trinajstić information content (AvgIpc) is 2.40. The maximum atomic E-state index is 6.22. The Morgan fingerprint density at radius 3 is 2.83 bits per heavy atom. The molecule has 18 heavy (non-hydrogen) atoms. The van der Waals surface area contributed by atoms with Crippen LogP contribution in [0.4, 0.5) is 0 Å². The molecule has 3 rings (SSSR count). The fourth-order valence-electron chi connectivity index (χ4n) is 2.71. The van der Waals surface area contributed by atoms with Crippen molar-refractivity contribution in [3.63, 3.8) is 0 Å². The zero-order valence-corrected chi connectivity index (χ0v) is 10.9. The normalized spacial score (nSPS) is 28.6. The van der Waals surface area contributed by atoms with Crippen molar-refractivity contribution in [2.75, 3.05) is 32.9 Å². The van der Waals surface area contributed by atoms with Gasteiger partial charge >= 0.3 is 0 Å². The van der Waals surface area contributed by atoms with Crippen LogP contribution >= 0.6 is 11.6 Å². The number of hydrogen-bond donors (Lipinski definition) is 1. The Balaban J connectivity index is 1.93. The third-order valence-corrected chi connectivity index (χ3v) is 3.81. The van der Waals surface area contributed by atoms with E-state index in [1.807, 2.05) is 18.2 Å². The highest BCUT2D eigenvalue weighted by Crippen LogP contribution is 2.37. The number of morpholine rings is 1. The highest BCUT2D eigenvalue weighted by Gasteiger charge is 2.33. The van der Waals surface area contributed by atoms with Crippen LogP contribution in [-0.4, -0.2) is 43.9 Å². The van der Waals surface area contributed by atoms with Gasteiger partial charge in [0.05, 0.1) is 25.3 Å². The predicted octanol–water partition coefficient (Wildman–Crippen LogP) is 1.43. The molecule has 0 radical (unpaired) electrons. The van der Waals surface area contributed by atoms with Crippen molar-refractivity contribution in [1.82, 2.24) is 4.90 Å². The molecular formula is C13H17ClN2O2. The van der Waals surface area contributed by atoms with Crippen LogP contribution < -0.4 is 10.5 Å². The van der Waals surface area contributed by atoms with Gasteiger partial charge in [-0.2, -0.15) is 0 Å². The maximum absolute atomic E-state index is 6.22. The second-order valence-electron chi connectivity index (χ2n) is 4.75. The van der Waals surface area contributed by atoms with E-state index in [0.29, 0.717) is 11.6 Å². The van der Waals surface area contributed by atoms with Gasteiger partial charge in [0.25, 0.3) is 0 Å². The minimum Gasteiger partial charge on any atom is -0.491 e. The molecular weight excluding hydrogens is 252 g/mol. The number of ether oxygens (including phenoxy) is 2. The van der Waals surface area contributed by atoms with Crippen LogP contribution in [0.15, 0.2) is 18.2 Å². The maximum Gasteiger partial charge on any atom is 0.125 e. The molecule has 2 aliphatic heterocycles. The summed E-state index contributed by atoms with van der Waals surface area (Å²) in [5.74, 6) is 0.862. The van der Waals surface area contributed by atoms with Gasteiger partial charge in [-0.25, -0.2) is 0 Å². The van der Waals surface area contributed by atoms with Crippen molar-refractivity contribution < 1.29 is 9.47 Å². The molecule has 1 aromatic carbocycles. The molecule has 5 heteroatoms. The molecule has 98 valence electrons. The summed E-state index contributed by atoms with van der Waals surface area (Å²) in [5, 5.41) is 0.699. The van der Waals surface area contributed by atoms with Crippen molar-refractivity contribution in [3.8, 4) is 5.75 Å². The SMILES string of the molecule is NC1COc2cc(Cl)ccc2C1N1CCOCC1. The van der Waals surface area contributed by atoms with E-state index >= 15 is 0 Å². The quantitative estimate of drug-likeness (QED) is 0.837. The first-order chi connectivity index (χ1) is 8.75. The number of fused-ring (bicyclic) bond motifs is 1. The molecule has 2 unspecified atom stereocenters. The smallest absolute Gasteiger partial charge is 0.125 e. The zero-order chi connectivity index (χ0) is 12.5. The van der Waals surface area contributed by atoms with Crippen molar-refractivity contribution in [2.45, 2.75) is 12.1 Å². The molecule has 0 bridgehead atoms. The number of hydrogen-bond acceptors (Lipinski definition) is 4. The van der Waals surface area contributed by atoms with E-state index in [1.165, 1.54) is 0 Å². The van der Waals surface area contributed by atoms with Crippen molar-refractivity contribution in [2.24, 2.45) is 5.73 Å². The molecule has 1 saturated heterocycles. The molecule has 1 fully saturated rings. The van der Waals surface area contributed by atoms with Crippen LogP contribution in [0.3, 0.4) is 0 Å². The lowest BCUT2D eigenvalue weighted by molar-refractivity contribution is 0.00143. The van der Waals surface area contributed by atoms with Gasteiger partial charge in [0.2, 0.25) is 0 Å². The van der Waals surface area contributed by atoms with Gasteiger partial charge < -0.3 is 15.2 Å². The number of halogens is 1. The predicted molar refractivity (Wildman–Crippen MR) is 70.1 cm³/mol. The Bertz CT molecular complexity index is 435. The molecule has 0 spiro atoms. The number of nitrogens with zero attached hydrogens (tertiary/aromatic N) is 1. The third-order valence-electron chi connectivity index (χ3n) is 3.57. The molecule has 2 atom stereocenters. The Hall–Kier alpha value is -0.810. The summed E-state index contributed by atoms with van der Waals surface area (Å²) in [6, 6.07) is 5.99. The molecule has 2 aliphatic rings. The first-order valence-electron chi connectivity index (χ1n) is 6.25. The number of nitrogens with two attached hydrogens (primary N) is 1. The van der Waals surface area contributed by atoms with Gasteiger partial charge in [-0.15, -0.1) is 0 Å². The summed E-state index contributed by atoms with van der Waals surface area (Å²) in [7, 11) is 0. The average molecular weight is 269 g/mol. The molecule has 0 aliphatic carbocycles. The standard InChI is InChI=1S/C13H17ClN2O2/c14-9-1-2-10-12(7-9)18-8-11(15)13(10)16-3-5-17-6-4-16/h1-2,7,11,13H,3-6,8,15H2. The minimum absolute atomic E-state index is 0.00299. The Morgan fingerprint density at radius 2 is 2.06 bits per heavy atom. The molecule has 0 saturated carbocycles. The number of rotatable bonds is 1. The van der Waals surface area contributed by atoms with Gasteiger partial charge in [-0.3, -0.25) is 4.90 Å². The molecule has 2 heterocycles. The molecule has 0 amide bonds. The minimum atomic E-state index is -0.00299. The van der Waals surface area contributed by atoms with Gasteiger partial charge in [-0.05, 0) is 12.1 Å². The van der Waals surface area contributed by atoms with E-state index in [4.69, 9.17) is 26.8 Å². The largest absolute Gasteiger partial charge is 0.491 e. The van der Waals surface area contributed by atoms with Gasteiger partial charge in [0, 0.05) is 23.7 Å². The lowest BCUT2D eigenvalue weighted by atomic mass is 9.95. The second kappa shape index (κ2) is 5.05. The van der Waals surface area contributed by atoms with E-state index in [0.717, 1.165) is 37.6 Å². The van der Waals surface area contributed by atoms with Crippen LogP contribution in [0.1, 0.15) is 11.6 Å². The van der Waals surface area contributed by atoms with Crippen LogP contribution in [-0.2, 0) is 4.74 Å². The second-order valence-corrected chi connectivity index (χ2v) is 5.19. The van der Waals surface area contributed by atoms with E-state index < -0.39 is 0 Å². The monoisotopic (exact) mass is 268 g/mol. The van der Waals surface area contributed by atoms with Crippen molar-refractivity contribution in [3.05, 3.63) is 28.8 Å². The van der Waals surface area contributed by atoms with Gasteiger partial charge in [0.1, 0.15) is 12.4 Å². The van der Waals surface area contributed by atoms with E-state index in [1.54, 1.807) is 0 Å². The van der Waals surface area contributed by atoms with Crippen molar-refractivity contribution >= 4 is 11.6 Å². The lowest BCUT2D eigenvalue weighted by Crippen LogP contribution is -2.50. The van der Waals surface area contributed by atoms with E-state index in [-0.39, 0.29) is 12.1 Å². The summed E-state index contributed by atoms with van der Waals surface area (Å²) in [6.07, 6.45) is 0. The Morgan fingerprint density at radius 1 is 1.28 bits per heavy atom. The molecule has 4 nitrogen and oxygen atoms in total. The summed E-state index contributed by atoms with van der Waals surface area (Å²) in [6.45, 7) is 3.91. The number of benzene rings is 1. The van der Waals surface area contributed by atoms with Gasteiger partial charge in [-0.1, -0.05) is 17.7 Å². The zero-order valence-electron chi connectivity index (χ0n) is 10.1. The fourth-order valence-corrected chi connectivity index (χ4v) is 2.87. The molecule has 0 aromatic heterocycles. The van der Waals surface area contributed by atoms with Gasteiger partial charge in [0.15, 0.2) is 0 Å². The summed E-state index contributed by atoms with van der Waals surface area (Å²) < 4.78 is 11.1.